The molecule has 0 aromatic carbocycles. The Morgan fingerprint density at radius 3 is 2.81 bits per heavy atom. The predicted octanol–water partition coefficient (Wildman–Crippen LogP) is 0.404. The number of sulfonamides is 1. The number of ether oxygens (including phenoxy) is 1. The summed E-state index contributed by atoms with van der Waals surface area (Å²) >= 11 is 0. The van der Waals surface area contributed by atoms with Gasteiger partial charge in [0.15, 0.2) is 0 Å². The molecule has 1 aromatic rings. The zero-order valence-electron chi connectivity index (χ0n) is 16.4. The number of rotatable bonds is 4. The first-order chi connectivity index (χ1) is 12.7. The van der Waals surface area contributed by atoms with Crippen LogP contribution < -0.4 is 4.74 Å². The lowest BCUT2D eigenvalue weighted by Gasteiger charge is -2.53. The quantitative estimate of drug-likeness (QED) is 0.733. The van der Waals surface area contributed by atoms with Crippen LogP contribution in [0.4, 0.5) is 0 Å². The molecule has 9 heteroatoms. The molecule has 2 atom stereocenters. The summed E-state index contributed by atoms with van der Waals surface area (Å²) in [5.41, 5.74) is 0.151. The summed E-state index contributed by atoms with van der Waals surface area (Å²) in [6.07, 6.45) is 0.975. The Morgan fingerprint density at radius 1 is 1.41 bits per heavy atom. The highest BCUT2D eigenvalue weighted by atomic mass is 32.2. The van der Waals surface area contributed by atoms with Crippen molar-refractivity contribution < 1.29 is 17.9 Å². The smallest absolute Gasteiger partial charge is 0.231 e. The first-order valence-corrected chi connectivity index (χ1v) is 10.7. The third kappa shape index (κ3) is 3.68. The van der Waals surface area contributed by atoms with E-state index in [0.717, 1.165) is 5.69 Å². The number of hydrogen-bond acceptors (Lipinski definition) is 6. The van der Waals surface area contributed by atoms with Gasteiger partial charge in [0.1, 0.15) is 0 Å². The Balaban J connectivity index is 1.88. The molecule has 0 unspecified atom stereocenters. The standard InChI is InChI=1S/C18H28N4O4S/c1-20(2)17(23)18-9-11-27(24,25)21(3)15(18)8-10-22(13-18)12-14-6-5-7-16(19-14)26-4/h5-7,15H,8-13H2,1-4H3/t15-,18+/m1/s1. The molecular formula is C18H28N4O4S. The van der Waals surface area contributed by atoms with Crippen LogP contribution in [0.1, 0.15) is 18.5 Å². The summed E-state index contributed by atoms with van der Waals surface area (Å²) < 4.78 is 31.4. The van der Waals surface area contributed by atoms with Crippen LogP contribution in [0, 0.1) is 5.41 Å². The molecule has 150 valence electrons. The third-order valence-corrected chi connectivity index (χ3v) is 7.61. The van der Waals surface area contributed by atoms with Crippen molar-refractivity contribution in [2.75, 3.05) is 47.1 Å². The van der Waals surface area contributed by atoms with E-state index < -0.39 is 15.4 Å². The van der Waals surface area contributed by atoms with Gasteiger partial charge in [0.2, 0.25) is 21.8 Å². The van der Waals surface area contributed by atoms with E-state index in [4.69, 9.17) is 4.74 Å². The van der Waals surface area contributed by atoms with Crippen LogP contribution in [0.3, 0.4) is 0 Å². The van der Waals surface area contributed by atoms with E-state index in [1.165, 1.54) is 4.31 Å². The molecule has 2 fully saturated rings. The maximum atomic E-state index is 13.2. The molecule has 0 bridgehead atoms. The van der Waals surface area contributed by atoms with E-state index in [1.807, 2.05) is 12.1 Å². The number of amides is 1. The molecule has 0 N–H and O–H groups in total. The Labute approximate surface area is 161 Å². The number of pyridine rings is 1. The second-order valence-corrected chi connectivity index (χ2v) is 9.77. The summed E-state index contributed by atoms with van der Waals surface area (Å²) in [5.74, 6) is 0.563. The van der Waals surface area contributed by atoms with Gasteiger partial charge in [0.25, 0.3) is 0 Å². The number of piperidine rings is 1. The summed E-state index contributed by atoms with van der Waals surface area (Å²) in [4.78, 5) is 21.4. The lowest BCUT2D eigenvalue weighted by atomic mass is 9.72. The highest BCUT2D eigenvalue weighted by Gasteiger charge is 2.56. The second kappa shape index (κ2) is 7.37. The van der Waals surface area contributed by atoms with E-state index in [1.54, 1.807) is 39.2 Å². The van der Waals surface area contributed by atoms with Gasteiger partial charge in [0, 0.05) is 52.9 Å². The molecule has 3 rings (SSSR count). The summed E-state index contributed by atoms with van der Waals surface area (Å²) in [6, 6.07) is 5.33. The number of carbonyl (C=O) groups excluding carboxylic acids is 1. The van der Waals surface area contributed by atoms with Gasteiger partial charge >= 0.3 is 0 Å². The fraction of sp³-hybridized carbons (Fsp3) is 0.667. The summed E-state index contributed by atoms with van der Waals surface area (Å²) in [5, 5.41) is 0. The van der Waals surface area contributed by atoms with Crippen molar-refractivity contribution in [1.29, 1.82) is 0 Å². The van der Waals surface area contributed by atoms with Crippen molar-refractivity contribution in [3.8, 4) is 5.88 Å². The number of aromatic nitrogens is 1. The number of methoxy groups -OCH3 is 1. The number of hydrogen-bond donors (Lipinski definition) is 0. The number of carbonyl (C=O) groups is 1. The van der Waals surface area contributed by atoms with Crippen molar-refractivity contribution in [2.24, 2.45) is 5.41 Å². The van der Waals surface area contributed by atoms with E-state index in [2.05, 4.69) is 9.88 Å². The SMILES string of the molecule is COc1cccc(CN2CC[C@H]3N(C)S(=O)(=O)CC[C@]3(C(=O)N(C)C)C2)n1. The molecular weight excluding hydrogens is 368 g/mol. The van der Waals surface area contributed by atoms with Crippen molar-refractivity contribution >= 4 is 15.9 Å². The lowest BCUT2D eigenvalue weighted by Crippen LogP contribution is -2.66. The Kier molecular flexibility index (Phi) is 5.47. The molecule has 2 aliphatic heterocycles. The maximum Gasteiger partial charge on any atom is 0.231 e. The average molecular weight is 397 g/mol. The van der Waals surface area contributed by atoms with Crippen LogP contribution in [0.15, 0.2) is 18.2 Å². The first kappa shape index (κ1) is 20.0. The van der Waals surface area contributed by atoms with E-state index >= 15 is 0 Å². The van der Waals surface area contributed by atoms with Gasteiger partial charge in [-0.25, -0.2) is 17.7 Å². The Bertz CT molecular complexity index is 813. The molecule has 1 amide bonds. The fourth-order valence-electron chi connectivity index (χ4n) is 4.37. The van der Waals surface area contributed by atoms with Crippen LogP contribution in [0.2, 0.25) is 0 Å². The van der Waals surface area contributed by atoms with Crippen molar-refractivity contribution in [1.82, 2.24) is 19.1 Å². The molecule has 3 heterocycles. The fourth-order valence-corrected chi connectivity index (χ4v) is 5.98. The molecule has 0 saturated carbocycles. The minimum absolute atomic E-state index is 0.00227. The van der Waals surface area contributed by atoms with E-state index in [-0.39, 0.29) is 17.7 Å². The zero-order valence-corrected chi connectivity index (χ0v) is 17.2. The number of likely N-dealkylation sites (tertiary alicyclic amines) is 1. The monoisotopic (exact) mass is 396 g/mol. The van der Waals surface area contributed by atoms with Crippen LogP contribution in [-0.2, 0) is 21.4 Å². The average Bonchev–Trinajstić information content (AvgIpc) is 2.64. The number of nitrogens with zero attached hydrogens (tertiary/aromatic N) is 4. The maximum absolute atomic E-state index is 13.2. The zero-order chi connectivity index (χ0) is 19.8. The second-order valence-electron chi connectivity index (χ2n) is 7.62. The molecule has 2 aliphatic rings. The van der Waals surface area contributed by atoms with Crippen molar-refractivity contribution in [2.45, 2.75) is 25.4 Å². The summed E-state index contributed by atoms with van der Waals surface area (Å²) in [7, 11) is 3.36. The Morgan fingerprint density at radius 2 is 2.15 bits per heavy atom. The van der Waals surface area contributed by atoms with E-state index in [9.17, 15) is 13.2 Å². The van der Waals surface area contributed by atoms with E-state index in [0.29, 0.717) is 38.4 Å². The number of fused-ring (bicyclic) bond motifs is 1. The molecule has 27 heavy (non-hydrogen) atoms. The van der Waals surface area contributed by atoms with Gasteiger partial charge < -0.3 is 9.64 Å². The van der Waals surface area contributed by atoms with Gasteiger partial charge in [-0.3, -0.25) is 9.69 Å². The van der Waals surface area contributed by atoms with Crippen molar-refractivity contribution in [3.63, 3.8) is 0 Å². The highest BCUT2D eigenvalue weighted by molar-refractivity contribution is 7.89. The normalized spacial score (nSPS) is 28.4. The minimum atomic E-state index is -3.30. The van der Waals surface area contributed by atoms with Crippen LogP contribution in [0.25, 0.3) is 0 Å². The lowest BCUT2D eigenvalue weighted by molar-refractivity contribution is -0.148. The molecule has 0 aliphatic carbocycles. The third-order valence-electron chi connectivity index (χ3n) is 5.75. The minimum Gasteiger partial charge on any atom is -0.481 e. The topological polar surface area (TPSA) is 83.0 Å². The van der Waals surface area contributed by atoms with Crippen LogP contribution in [0.5, 0.6) is 5.88 Å². The molecule has 0 radical (unpaired) electrons. The van der Waals surface area contributed by atoms with Crippen LogP contribution in [-0.4, -0.2) is 86.6 Å². The summed E-state index contributed by atoms with van der Waals surface area (Å²) in [6.45, 7) is 1.84. The van der Waals surface area contributed by atoms with Gasteiger partial charge in [0.05, 0.1) is 24.0 Å². The molecule has 2 saturated heterocycles. The van der Waals surface area contributed by atoms with Gasteiger partial charge in [-0.2, -0.15) is 0 Å². The van der Waals surface area contributed by atoms with Gasteiger partial charge in [-0.05, 0) is 18.9 Å². The van der Waals surface area contributed by atoms with Gasteiger partial charge in [-0.15, -0.1) is 0 Å². The highest BCUT2D eigenvalue weighted by Crippen LogP contribution is 2.43. The molecule has 0 spiro atoms. The largest absolute Gasteiger partial charge is 0.481 e. The van der Waals surface area contributed by atoms with Crippen molar-refractivity contribution in [3.05, 3.63) is 23.9 Å². The molecule has 8 nitrogen and oxygen atoms in total. The predicted molar refractivity (Wildman–Crippen MR) is 102 cm³/mol. The van der Waals surface area contributed by atoms with Crippen LogP contribution >= 0.6 is 0 Å². The molecule has 1 aromatic heterocycles. The first-order valence-electron chi connectivity index (χ1n) is 9.09. The van der Waals surface area contributed by atoms with Gasteiger partial charge in [-0.1, -0.05) is 6.07 Å². The Hall–Kier alpha value is -1.71.